The molecular weight excluding hydrogens is 318 g/mol. The van der Waals surface area contributed by atoms with Crippen molar-refractivity contribution in [2.75, 3.05) is 5.32 Å². The number of hydrogen-bond donors (Lipinski definition) is 1. The highest BCUT2D eigenvalue weighted by Crippen LogP contribution is 2.19. The fourth-order valence-electron chi connectivity index (χ4n) is 1.64. The summed E-state index contributed by atoms with van der Waals surface area (Å²) in [6.45, 7) is 1.53. The van der Waals surface area contributed by atoms with Gasteiger partial charge in [-0.05, 0) is 24.6 Å². The van der Waals surface area contributed by atoms with Crippen LogP contribution in [0.4, 0.5) is 14.0 Å². The maximum atomic E-state index is 13.8. The summed E-state index contributed by atoms with van der Waals surface area (Å²) >= 11 is 0. The van der Waals surface area contributed by atoms with Crippen molar-refractivity contribution in [3.63, 3.8) is 0 Å². The molecule has 1 amide bonds. The molecule has 2 rings (SSSR count). The molecule has 0 spiro atoms. The molecule has 9 heteroatoms. The van der Waals surface area contributed by atoms with Crippen LogP contribution in [0.3, 0.4) is 0 Å². The number of carbonyl (C=O) groups excluding carboxylic acids is 1. The van der Waals surface area contributed by atoms with Crippen molar-refractivity contribution in [1.82, 2.24) is 4.98 Å². The molecule has 0 radical (unpaired) electrons. The van der Waals surface area contributed by atoms with E-state index in [1.54, 1.807) is 6.07 Å². The second-order valence-corrected chi connectivity index (χ2v) is 5.23. The third-order valence-corrected chi connectivity index (χ3v) is 3.00. The number of hydrogen-bond acceptors (Lipinski definition) is 5. The first-order chi connectivity index (χ1) is 10.3. The van der Waals surface area contributed by atoms with Crippen LogP contribution >= 0.6 is 0 Å². The van der Waals surface area contributed by atoms with Gasteiger partial charge in [-0.3, -0.25) is 9.78 Å². The number of anilines is 1. The number of pyridine rings is 1. The lowest BCUT2D eigenvalue weighted by atomic mass is 10.2. The van der Waals surface area contributed by atoms with Crippen LogP contribution in [0.1, 0.15) is 15.9 Å². The van der Waals surface area contributed by atoms with Gasteiger partial charge in [0, 0.05) is 6.20 Å². The molecule has 0 fully saturated rings. The summed E-state index contributed by atoms with van der Waals surface area (Å²) in [5.74, 6) is -1.82. The molecule has 0 aliphatic rings. The van der Waals surface area contributed by atoms with E-state index in [0.29, 0.717) is 5.56 Å². The number of nitrogens with zero attached hydrogens (tertiary/aromatic N) is 1. The third kappa shape index (κ3) is 3.98. The summed E-state index contributed by atoms with van der Waals surface area (Å²) in [6, 6.07) is 5.42. The minimum Gasteiger partial charge on any atom is -0.357 e. The molecule has 0 saturated heterocycles. The molecule has 0 aliphatic heterocycles. The quantitative estimate of drug-likeness (QED) is 0.871. The van der Waals surface area contributed by atoms with Crippen LogP contribution in [0.15, 0.2) is 36.7 Å². The normalized spacial score (nSPS) is 11.0. The van der Waals surface area contributed by atoms with E-state index in [-0.39, 0.29) is 11.3 Å². The number of nitrogens with one attached hydrogen (secondary N) is 1. The number of amides is 1. The highest BCUT2D eigenvalue weighted by atomic mass is 32.3. The van der Waals surface area contributed by atoms with E-state index in [1.807, 2.05) is 0 Å². The zero-order valence-corrected chi connectivity index (χ0v) is 12.0. The molecule has 0 unspecified atom stereocenters. The molecule has 116 valence electrons. The first kappa shape index (κ1) is 15.8. The van der Waals surface area contributed by atoms with Crippen LogP contribution in [0.5, 0.6) is 5.75 Å². The zero-order valence-electron chi connectivity index (χ0n) is 11.2. The molecular formula is C13H10F2N2O4S. The average molecular weight is 328 g/mol. The Morgan fingerprint density at radius 3 is 2.73 bits per heavy atom. The Kier molecular flexibility index (Phi) is 4.36. The van der Waals surface area contributed by atoms with Gasteiger partial charge in [0.1, 0.15) is 5.82 Å². The van der Waals surface area contributed by atoms with Gasteiger partial charge in [-0.15, -0.1) is 0 Å². The van der Waals surface area contributed by atoms with Gasteiger partial charge in [-0.25, -0.2) is 4.39 Å². The van der Waals surface area contributed by atoms with Crippen molar-refractivity contribution in [1.29, 1.82) is 0 Å². The largest absolute Gasteiger partial charge is 0.488 e. The second-order valence-electron chi connectivity index (χ2n) is 4.28. The highest BCUT2D eigenvalue weighted by molar-refractivity contribution is 7.81. The monoisotopic (exact) mass is 328 g/mol. The van der Waals surface area contributed by atoms with Crippen LogP contribution in [-0.4, -0.2) is 19.3 Å². The number of rotatable bonds is 4. The standard InChI is InChI=1S/C13H10F2N2O4S/c1-8-3-2-4-11(12(8)14)17-13(18)9-5-10(7-16-6-9)21-22(15,19)20/h2-7H,1H3,(H,17,18). The van der Waals surface area contributed by atoms with Crippen molar-refractivity contribution in [3.05, 3.63) is 53.6 Å². The smallest absolute Gasteiger partial charge is 0.357 e. The van der Waals surface area contributed by atoms with Gasteiger partial charge in [0.05, 0.1) is 17.4 Å². The van der Waals surface area contributed by atoms with Crippen molar-refractivity contribution in [2.24, 2.45) is 0 Å². The van der Waals surface area contributed by atoms with E-state index in [9.17, 15) is 21.5 Å². The highest BCUT2D eigenvalue weighted by Gasteiger charge is 2.14. The molecule has 2 aromatic rings. The Balaban J connectivity index is 2.23. The van der Waals surface area contributed by atoms with E-state index in [0.717, 1.165) is 18.5 Å². The fraction of sp³-hybridized carbons (Fsp3) is 0.0769. The molecule has 6 nitrogen and oxygen atoms in total. The molecule has 1 heterocycles. The molecule has 0 saturated carbocycles. The molecule has 22 heavy (non-hydrogen) atoms. The third-order valence-electron chi connectivity index (χ3n) is 2.61. The van der Waals surface area contributed by atoms with Crippen molar-refractivity contribution in [2.45, 2.75) is 6.92 Å². The van der Waals surface area contributed by atoms with E-state index in [1.165, 1.54) is 19.1 Å². The SMILES string of the molecule is Cc1cccc(NC(=O)c2cncc(OS(=O)(=O)F)c2)c1F. The number of carbonyl (C=O) groups is 1. The Hall–Kier alpha value is -2.55. The van der Waals surface area contributed by atoms with E-state index in [4.69, 9.17) is 0 Å². The van der Waals surface area contributed by atoms with Crippen LogP contribution < -0.4 is 9.50 Å². The molecule has 0 aliphatic carbocycles. The van der Waals surface area contributed by atoms with Crippen LogP contribution in [-0.2, 0) is 10.5 Å². The van der Waals surface area contributed by atoms with E-state index < -0.39 is 28.0 Å². The van der Waals surface area contributed by atoms with Crippen molar-refractivity contribution < 1.29 is 25.7 Å². The second kappa shape index (κ2) is 6.06. The van der Waals surface area contributed by atoms with Crippen molar-refractivity contribution >= 4 is 22.1 Å². The van der Waals surface area contributed by atoms with Crippen LogP contribution in [0, 0.1) is 12.7 Å². The Bertz CT molecular complexity index is 825. The molecule has 0 atom stereocenters. The van der Waals surface area contributed by atoms with E-state index in [2.05, 4.69) is 14.5 Å². The summed E-state index contributed by atoms with van der Waals surface area (Å²) in [6.07, 6.45) is 2.02. The van der Waals surface area contributed by atoms with Crippen molar-refractivity contribution in [3.8, 4) is 5.75 Å². The maximum Gasteiger partial charge on any atom is 0.488 e. The molecule has 1 aromatic carbocycles. The minimum absolute atomic E-state index is 0.0468. The Morgan fingerprint density at radius 1 is 1.32 bits per heavy atom. The van der Waals surface area contributed by atoms with Gasteiger partial charge in [-0.1, -0.05) is 16.0 Å². The summed E-state index contributed by atoms with van der Waals surface area (Å²) < 4.78 is 51.0. The van der Waals surface area contributed by atoms with Gasteiger partial charge in [-0.2, -0.15) is 8.42 Å². The first-order valence-electron chi connectivity index (χ1n) is 5.92. The summed E-state index contributed by atoms with van der Waals surface area (Å²) in [5, 5.41) is 2.30. The van der Waals surface area contributed by atoms with Gasteiger partial charge in [0.2, 0.25) is 0 Å². The Labute approximate surface area is 125 Å². The predicted octanol–water partition coefficient (Wildman–Crippen LogP) is 2.37. The first-order valence-corrected chi connectivity index (χ1v) is 7.23. The Morgan fingerprint density at radius 2 is 2.05 bits per heavy atom. The summed E-state index contributed by atoms with van der Waals surface area (Å²) in [5.41, 5.74) is 0.174. The minimum atomic E-state index is -5.22. The average Bonchev–Trinajstić information content (AvgIpc) is 2.42. The fourth-order valence-corrected chi connectivity index (χ4v) is 1.96. The lowest BCUT2D eigenvalue weighted by Gasteiger charge is -2.08. The number of benzene rings is 1. The molecule has 1 aromatic heterocycles. The van der Waals surface area contributed by atoms with E-state index >= 15 is 0 Å². The summed E-state index contributed by atoms with van der Waals surface area (Å²) in [7, 11) is -5.22. The summed E-state index contributed by atoms with van der Waals surface area (Å²) in [4.78, 5) is 15.5. The van der Waals surface area contributed by atoms with Crippen LogP contribution in [0.2, 0.25) is 0 Å². The number of aromatic nitrogens is 1. The predicted molar refractivity (Wildman–Crippen MR) is 74.0 cm³/mol. The lowest BCUT2D eigenvalue weighted by molar-refractivity contribution is 0.102. The topological polar surface area (TPSA) is 85.4 Å². The van der Waals surface area contributed by atoms with Gasteiger partial charge >= 0.3 is 10.5 Å². The van der Waals surface area contributed by atoms with Gasteiger partial charge in [0.25, 0.3) is 5.91 Å². The number of halogens is 2. The number of aryl methyl sites for hydroxylation is 1. The van der Waals surface area contributed by atoms with Gasteiger partial charge in [0.15, 0.2) is 5.75 Å². The van der Waals surface area contributed by atoms with Gasteiger partial charge < -0.3 is 9.50 Å². The molecule has 1 N–H and O–H groups in total. The molecule has 0 bridgehead atoms. The van der Waals surface area contributed by atoms with Crippen LogP contribution in [0.25, 0.3) is 0 Å². The lowest BCUT2D eigenvalue weighted by Crippen LogP contribution is -2.14. The zero-order chi connectivity index (χ0) is 16.3. The maximum absolute atomic E-state index is 13.8.